The third-order valence-corrected chi connectivity index (χ3v) is 7.39. The molecule has 130 valence electrons. The number of likely N-dealkylation sites (N-methyl/N-ethyl adjacent to an activating group) is 1. The largest absolute Gasteiger partial charge is 0.493 e. The lowest BCUT2D eigenvalue weighted by Gasteiger charge is -2.60. The first-order chi connectivity index (χ1) is 11.6. The van der Waals surface area contributed by atoms with Crippen LogP contribution in [0.4, 0.5) is 0 Å². The Morgan fingerprint density at radius 2 is 2.12 bits per heavy atom. The number of benzene rings is 1. The molecule has 4 heteroatoms. The zero-order valence-electron chi connectivity index (χ0n) is 15.0. The van der Waals surface area contributed by atoms with E-state index in [-0.39, 0.29) is 17.6 Å². The Hall–Kier alpha value is -1.26. The van der Waals surface area contributed by atoms with E-state index in [1.807, 2.05) is 7.11 Å². The van der Waals surface area contributed by atoms with Gasteiger partial charge in [0.05, 0.1) is 13.2 Å². The molecule has 0 amide bonds. The van der Waals surface area contributed by atoms with Crippen LogP contribution in [0.2, 0.25) is 0 Å². The molecule has 0 N–H and O–H groups in total. The first kappa shape index (κ1) is 15.0. The molecule has 1 saturated carbocycles. The molecule has 4 nitrogen and oxygen atoms in total. The zero-order chi connectivity index (χ0) is 16.6. The maximum Gasteiger partial charge on any atom is 0.165 e. The van der Waals surface area contributed by atoms with Gasteiger partial charge in [-0.1, -0.05) is 13.0 Å². The van der Waals surface area contributed by atoms with E-state index in [4.69, 9.17) is 14.2 Å². The molecular formula is C20H27NO3. The van der Waals surface area contributed by atoms with E-state index in [0.717, 1.165) is 37.3 Å². The molecule has 0 aromatic heterocycles. The van der Waals surface area contributed by atoms with Gasteiger partial charge in [-0.05, 0) is 56.3 Å². The third-order valence-electron chi connectivity index (χ3n) is 7.39. The van der Waals surface area contributed by atoms with Gasteiger partial charge >= 0.3 is 0 Å². The molecule has 5 unspecified atom stereocenters. The summed E-state index contributed by atoms with van der Waals surface area (Å²) < 4.78 is 18.2. The number of ether oxygens (including phenoxy) is 3. The molecule has 2 bridgehead atoms. The van der Waals surface area contributed by atoms with E-state index in [1.54, 1.807) is 7.11 Å². The fourth-order valence-corrected chi connectivity index (χ4v) is 6.53. The smallest absolute Gasteiger partial charge is 0.165 e. The van der Waals surface area contributed by atoms with E-state index in [2.05, 4.69) is 31.0 Å². The van der Waals surface area contributed by atoms with Crippen molar-refractivity contribution >= 4 is 0 Å². The number of nitrogens with zero attached hydrogens (tertiary/aromatic N) is 1. The van der Waals surface area contributed by atoms with Gasteiger partial charge in [-0.15, -0.1) is 0 Å². The number of likely N-dealkylation sites (tertiary alicyclic amines) is 1. The molecule has 2 aliphatic carbocycles. The fourth-order valence-electron chi connectivity index (χ4n) is 6.53. The number of rotatable bonds is 2. The zero-order valence-corrected chi connectivity index (χ0v) is 15.0. The van der Waals surface area contributed by atoms with Gasteiger partial charge in [-0.2, -0.15) is 0 Å². The van der Waals surface area contributed by atoms with Crippen LogP contribution in [0, 0.1) is 11.8 Å². The molecule has 0 radical (unpaired) electrons. The standard InChI is InChI=1S/C20H27NO3/c1-11-9-15(23-4)19-20-7-8-21(2)13(16(11)20)10-12-5-6-14(22-3)18(24-19)17(12)20/h5-6,11,13,15-16,19H,7-10H2,1-4H3/t11?,13?,15?,16?,19-,20?/m0/s1. The Morgan fingerprint density at radius 3 is 2.88 bits per heavy atom. The van der Waals surface area contributed by atoms with Crippen LogP contribution < -0.4 is 9.47 Å². The molecular weight excluding hydrogens is 302 g/mol. The maximum absolute atomic E-state index is 6.62. The Balaban J connectivity index is 1.79. The molecule has 4 aliphatic rings. The topological polar surface area (TPSA) is 30.9 Å². The highest BCUT2D eigenvalue weighted by Gasteiger charge is 2.67. The number of hydrogen-bond donors (Lipinski definition) is 0. The van der Waals surface area contributed by atoms with Crippen molar-refractivity contribution in [3.05, 3.63) is 23.3 Å². The second-order valence-electron chi connectivity index (χ2n) is 8.22. The van der Waals surface area contributed by atoms with Crippen molar-refractivity contribution in [3.63, 3.8) is 0 Å². The van der Waals surface area contributed by atoms with E-state index >= 15 is 0 Å². The predicted molar refractivity (Wildman–Crippen MR) is 91.9 cm³/mol. The minimum atomic E-state index is 0.104. The Labute approximate surface area is 144 Å². The first-order valence-corrected chi connectivity index (χ1v) is 9.22. The lowest BCUT2D eigenvalue weighted by Crippen LogP contribution is -2.68. The van der Waals surface area contributed by atoms with Crippen molar-refractivity contribution in [1.82, 2.24) is 4.90 Å². The Kier molecular flexibility index (Phi) is 3.06. The van der Waals surface area contributed by atoms with Crippen molar-refractivity contribution in [1.29, 1.82) is 0 Å². The Morgan fingerprint density at radius 1 is 1.29 bits per heavy atom. The second kappa shape index (κ2) is 4.89. The molecule has 1 aromatic carbocycles. The molecule has 2 heterocycles. The summed E-state index contributed by atoms with van der Waals surface area (Å²) in [4.78, 5) is 2.59. The molecule has 1 spiro atoms. The molecule has 2 fully saturated rings. The van der Waals surface area contributed by atoms with Gasteiger partial charge in [0.2, 0.25) is 0 Å². The summed E-state index contributed by atoms with van der Waals surface area (Å²) in [7, 11) is 5.89. The quantitative estimate of drug-likeness (QED) is 0.835. The minimum absolute atomic E-state index is 0.104. The van der Waals surface area contributed by atoms with E-state index < -0.39 is 0 Å². The van der Waals surface area contributed by atoms with Crippen LogP contribution >= 0.6 is 0 Å². The summed E-state index contributed by atoms with van der Waals surface area (Å²) in [5.41, 5.74) is 3.02. The summed E-state index contributed by atoms with van der Waals surface area (Å²) in [6, 6.07) is 4.97. The van der Waals surface area contributed by atoms with Gasteiger partial charge in [-0.25, -0.2) is 0 Å². The first-order valence-electron chi connectivity index (χ1n) is 9.22. The van der Waals surface area contributed by atoms with Gasteiger partial charge in [0.15, 0.2) is 11.5 Å². The predicted octanol–water partition coefficient (Wildman–Crippen LogP) is 2.63. The SMILES string of the molecule is COc1ccc2c3c1O[C@H]1C(OC)CC(C)C4C(C2)N(C)CCC341. The molecule has 2 aliphatic heterocycles. The average molecular weight is 329 g/mol. The highest BCUT2D eigenvalue weighted by Crippen LogP contribution is 2.65. The van der Waals surface area contributed by atoms with Crippen molar-refractivity contribution in [2.24, 2.45) is 11.8 Å². The monoisotopic (exact) mass is 329 g/mol. The summed E-state index contributed by atoms with van der Waals surface area (Å²) >= 11 is 0. The van der Waals surface area contributed by atoms with Crippen LogP contribution in [0.5, 0.6) is 11.5 Å². The molecule has 24 heavy (non-hydrogen) atoms. The van der Waals surface area contributed by atoms with Crippen molar-refractivity contribution < 1.29 is 14.2 Å². The second-order valence-corrected chi connectivity index (χ2v) is 8.22. The van der Waals surface area contributed by atoms with Crippen LogP contribution in [-0.2, 0) is 16.6 Å². The fraction of sp³-hybridized carbons (Fsp3) is 0.700. The van der Waals surface area contributed by atoms with E-state index in [0.29, 0.717) is 17.9 Å². The summed E-state index contributed by atoms with van der Waals surface area (Å²) in [6.45, 7) is 3.56. The highest BCUT2D eigenvalue weighted by atomic mass is 16.6. The lowest BCUT2D eigenvalue weighted by atomic mass is 9.49. The van der Waals surface area contributed by atoms with Crippen molar-refractivity contribution in [3.8, 4) is 11.5 Å². The minimum Gasteiger partial charge on any atom is -0.493 e. The average Bonchev–Trinajstić information content (AvgIpc) is 2.93. The van der Waals surface area contributed by atoms with Crippen LogP contribution in [0.25, 0.3) is 0 Å². The van der Waals surface area contributed by atoms with Crippen LogP contribution in [0.15, 0.2) is 12.1 Å². The maximum atomic E-state index is 6.62. The number of hydrogen-bond acceptors (Lipinski definition) is 4. The van der Waals surface area contributed by atoms with Crippen molar-refractivity contribution in [2.45, 2.75) is 49.9 Å². The third kappa shape index (κ3) is 1.57. The molecule has 5 rings (SSSR count). The number of piperidine rings is 1. The lowest BCUT2D eigenvalue weighted by molar-refractivity contribution is -0.132. The van der Waals surface area contributed by atoms with Crippen LogP contribution in [0.1, 0.15) is 30.9 Å². The Bertz CT molecular complexity index is 690. The molecule has 1 aromatic rings. The van der Waals surface area contributed by atoms with E-state index in [1.165, 1.54) is 11.1 Å². The van der Waals surface area contributed by atoms with Crippen LogP contribution in [-0.4, -0.2) is 51.0 Å². The summed E-state index contributed by atoms with van der Waals surface area (Å²) in [6.07, 6.45) is 3.68. The molecule has 6 atom stereocenters. The van der Waals surface area contributed by atoms with Crippen LogP contribution in [0.3, 0.4) is 0 Å². The highest BCUT2D eigenvalue weighted by molar-refractivity contribution is 5.61. The normalized spacial score (nSPS) is 42.4. The molecule has 1 saturated heterocycles. The van der Waals surface area contributed by atoms with Gasteiger partial charge < -0.3 is 19.1 Å². The summed E-state index contributed by atoms with van der Waals surface area (Å²) in [5.74, 6) is 3.18. The van der Waals surface area contributed by atoms with Gasteiger partial charge in [0, 0.05) is 24.1 Å². The van der Waals surface area contributed by atoms with Gasteiger partial charge in [0.25, 0.3) is 0 Å². The van der Waals surface area contributed by atoms with Gasteiger partial charge in [-0.3, -0.25) is 0 Å². The van der Waals surface area contributed by atoms with E-state index in [9.17, 15) is 0 Å². The van der Waals surface area contributed by atoms with Gasteiger partial charge in [0.1, 0.15) is 6.10 Å². The number of methoxy groups -OCH3 is 2. The summed E-state index contributed by atoms with van der Waals surface area (Å²) in [5, 5.41) is 0. The van der Waals surface area contributed by atoms with Crippen molar-refractivity contribution in [2.75, 3.05) is 27.8 Å².